The van der Waals surface area contributed by atoms with Crippen LogP contribution in [-0.2, 0) is 11.3 Å². The molecule has 1 unspecified atom stereocenters. The number of rotatable bonds is 10. The second-order valence-electron chi connectivity index (χ2n) is 7.34. The molecule has 0 spiro atoms. The van der Waals surface area contributed by atoms with Crippen molar-refractivity contribution in [1.29, 1.82) is 0 Å². The number of carbonyl (C=O) groups excluding carboxylic acids is 1. The van der Waals surface area contributed by atoms with Gasteiger partial charge in [0, 0.05) is 24.4 Å². The van der Waals surface area contributed by atoms with Gasteiger partial charge in [0.1, 0.15) is 5.75 Å². The summed E-state index contributed by atoms with van der Waals surface area (Å²) in [5, 5.41) is 22.6. The first-order valence-corrected chi connectivity index (χ1v) is 11.2. The van der Waals surface area contributed by atoms with E-state index >= 15 is 0 Å². The number of nitro groups is 1. The van der Waals surface area contributed by atoms with Crippen LogP contribution in [0.1, 0.15) is 30.0 Å². The second-order valence-corrected chi connectivity index (χ2v) is 8.28. The normalized spacial score (nSPS) is 11.6. The van der Waals surface area contributed by atoms with Crippen molar-refractivity contribution in [2.75, 3.05) is 11.1 Å². The summed E-state index contributed by atoms with van der Waals surface area (Å²) in [5.74, 6) is 1.15. The molecule has 0 aliphatic rings. The SMILES string of the molecule is C=CCn1c(SCC(=O)Nc2cccc([N+](=O)[O-])c2)nnc1C(C)Oc1cccc(C)c1C. The van der Waals surface area contributed by atoms with Gasteiger partial charge in [-0.1, -0.05) is 36.0 Å². The van der Waals surface area contributed by atoms with Crippen molar-refractivity contribution < 1.29 is 14.5 Å². The van der Waals surface area contributed by atoms with E-state index in [0.717, 1.165) is 16.9 Å². The molecule has 2 aromatic carbocycles. The lowest BCUT2D eigenvalue weighted by Gasteiger charge is -2.18. The summed E-state index contributed by atoms with van der Waals surface area (Å²) in [6.45, 7) is 10.2. The van der Waals surface area contributed by atoms with Gasteiger partial charge >= 0.3 is 0 Å². The Labute approximate surface area is 196 Å². The largest absolute Gasteiger partial charge is 0.482 e. The quantitative estimate of drug-likeness (QED) is 0.196. The topological polar surface area (TPSA) is 112 Å². The number of ether oxygens (including phenoxy) is 1. The van der Waals surface area contributed by atoms with E-state index in [1.165, 1.54) is 30.0 Å². The highest BCUT2D eigenvalue weighted by Crippen LogP contribution is 2.28. The highest BCUT2D eigenvalue weighted by Gasteiger charge is 2.20. The molecule has 0 aliphatic carbocycles. The fraction of sp³-hybridized carbons (Fsp3) is 0.261. The van der Waals surface area contributed by atoms with Crippen molar-refractivity contribution in [2.24, 2.45) is 0 Å². The number of thioether (sulfide) groups is 1. The molecule has 0 radical (unpaired) electrons. The third kappa shape index (κ3) is 5.98. The van der Waals surface area contributed by atoms with Crippen LogP contribution in [0.5, 0.6) is 5.75 Å². The number of nitro benzene ring substituents is 1. The Hall–Kier alpha value is -3.66. The van der Waals surface area contributed by atoms with Crippen molar-refractivity contribution in [3.8, 4) is 5.75 Å². The minimum atomic E-state index is -0.509. The lowest BCUT2D eigenvalue weighted by Crippen LogP contribution is -2.15. The molecule has 1 heterocycles. The Morgan fingerprint density at radius 3 is 2.79 bits per heavy atom. The Balaban J connectivity index is 1.69. The second kappa shape index (κ2) is 10.8. The Kier molecular flexibility index (Phi) is 7.83. The summed E-state index contributed by atoms with van der Waals surface area (Å²) in [5.41, 5.74) is 2.47. The summed E-state index contributed by atoms with van der Waals surface area (Å²) in [6, 6.07) is 11.7. The van der Waals surface area contributed by atoms with Crippen LogP contribution in [0.15, 0.2) is 60.3 Å². The molecular weight excluding hydrogens is 442 g/mol. The maximum absolute atomic E-state index is 12.4. The Morgan fingerprint density at radius 1 is 1.30 bits per heavy atom. The van der Waals surface area contributed by atoms with Gasteiger partial charge in [0.05, 0.1) is 10.7 Å². The number of allylic oxidation sites excluding steroid dienone is 1. The monoisotopic (exact) mass is 467 g/mol. The maximum atomic E-state index is 12.4. The number of non-ortho nitro benzene ring substituents is 1. The molecule has 9 nitrogen and oxygen atoms in total. The number of carbonyl (C=O) groups is 1. The van der Waals surface area contributed by atoms with Crippen LogP contribution >= 0.6 is 11.8 Å². The predicted molar refractivity (Wildman–Crippen MR) is 128 cm³/mol. The first-order chi connectivity index (χ1) is 15.8. The number of nitrogens with zero attached hydrogens (tertiary/aromatic N) is 4. The molecule has 1 aromatic heterocycles. The smallest absolute Gasteiger partial charge is 0.271 e. The minimum absolute atomic E-state index is 0.0597. The van der Waals surface area contributed by atoms with Crippen LogP contribution in [-0.4, -0.2) is 31.3 Å². The number of aromatic nitrogens is 3. The standard InChI is InChI=1S/C23H25N5O4S/c1-5-12-27-22(17(4)32-20-11-6-8-15(2)16(20)3)25-26-23(27)33-14-21(29)24-18-9-7-10-19(13-18)28(30)31/h5-11,13,17H,1,12,14H2,2-4H3,(H,24,29). The summed E-state index contributed by atoms with van der Waals surface area (Å²) in [4.78, 5) is 22.8. The molecule has 3 rings (SSSR count). The van der Waals surface area contributed by atoms with E-state index in [9.17, 15) is 14.9 Å². The van der Waals surface area contributed by atoms with Crippen molar-refractivity contribution >= 4 is 29.0 Å². The number of amides is 1. The van der Waals surface area contributed by atoms with Crippen LogP contribution in [0.3, 0.4) is 0 Å². The molecule has 1 amide bonds. The van der Waals surface area contributed by atoms with Gasteiger partial charge in [-0.05, 0) is 44.0 Å². The highest BCUT2D eigenvalue weighted by molar-refractivity contribution is 7.99. The van der Waals surface area contributed by atoms with Crippen LogP contribution < -0.4 is 10.1 Å². The van der Waals surface area contributed by atoms with Gasteiger partial charge < -0.3 is 10.1 Å². The van der Waals surface area contributed by atoms with E-state index in [4.69, 9.17) is 4.74 Å². The van der Waals surface area contributed by atoms with E-state index in [1.54, 1.807) is 12.1 Å². The summed E-state index contributed by atoms with van der Waals surface area (Å²) < 4.78 is 8.00. The number of benzene rings is 2. The van der Waals surface area contributed by atoms with Gasteiger partial charge in [0.15, 0.2) is 17.1 Å². The van der Waals surface area contributed by atoms with Crippen LogP contribution in [0.2, 0.25) is 0 Å². The minimum Gasteiger partial charge on any atom is -0.482 e. The Morgan fingerprint density at radius 2 is 2.06 bits per heavy atom. The van der Waals surface area contributed by atoms with E-state index in [0.29, 0.717) is 23.2 Å². The third-order valence-electron chi connectivity index (χ3n) is 4.95. The fourth-order valence-electron chi connectivity index (χ4n) is 3.13. The van der Waals surface area contributed by atoms with Gasteiger partial charge in [-0.2, -0.15) is 0 Å². The number of hydrogen-bond donors (Lipinski definition) is 1. The van der Waals surface area contributed by atoms with Crippen LogP contribution in [0, 0.1) is 24.0 Å². The van der Waals surface area contributed by atoms with E-state index in [-0.39, 0.29) is 23.5 Å². The van der Waals surface area contributed by atoms with Crippen molar-refractivity contribution in [3.05, 3.63) is 82.2 Å². The number of hydrogen-bond acceptors (Lipinski definition) is 7. The molecule has 0 saturated carbocycles. The predicted octanol–water partition coefficient (Wildman–Crippen LogP) is 4.86. The molecule has 3 aromatic rings. The molecule has 0 aliphatic heterocycles. The first kappa shape index (κ1) is 24.0. The molecule has 33 heavy (non-hydrogen) atoms. The molecule has 10 heteroatoms. The summed E-state index contributed by atoms with van der Waals surface area (Å²) in [7, 11) is 0. The van der Waals surface area contributed by atoms with Crippen molar-refractivity contribution in [2.45, 2.75) is 38.6 Å². The lowest BCUT2D eigenvalue weighted by molar-refractivity contribution is -0.384. The molecule has 0 saturated heterocycles. The molecule has 0 fully saturated rings. The first-order valence-electron chi connectivity index (χ1n) is 10.2. The number of anilines is 1. The Bertz CT molecular complexity index is 1180. The zero-order valence-corrected chi connectivity index (χ0v) is 19.5. The number of aryl methyl sites for hydroxylation is 1. The van der Waals surface area contributed by atoms with Gasteiger partial charge in [-0.3, -0.25) is 19.5 Å². The van der Waals surface area contributed by atoms with Gasteiger partial charge in [0.25, 0.3) is 5.69 Å². The zero-order valence-electron chi connectivity index (χ0n) is 18.6. The van der Waals surface area contributed by atoms with Crippen molar-refractivity contribution in [3.63, 3.8) is 0 Å². The average Bonchev–Trinajstić information content (AvgIpc) is 3.18. The van der Waals surface area contributed by atoms with Gasteiger partial charge in [-0.15, -0.1) is 16.8 Å². The highest BCUT2D eigenvalue weighted by atomic mass is 32.2. The fourth-order valence-corrected chi connectivity index (χ4v) is 3.88. The van der Waals surface area contributed by atoms with Crippen molar-refractivity contribution in [1.82, 2.24) is 14.8 Å². The number of nitrogens with one attached hydrogen (secondary N) is 1. The molecule has 172 valence electrons. The molecule has 1 N–H and O–H groups in total. The van der Waals surface area contributed by atoms with Gasteiger partial charge in [-0.25, -0.2) is 0 Å². The maximum Gasteiger partial charge on any atom is 0.271 e. The average molecular weight is 468 g/mol. The third-order valence-corrected chi connectivity index (χ3v) is 5.92. The van der Waals surface area contributed by atoms with Crippen LogP contribution in [0.4, 0.5) is 11.4 Å². The van der Waals surface area contributed by atoms with Crippen LogP contribution in [0.25, 0.3) is 0 Å². The van der Waals surface area contributed by atoms with Gasteiger partial charge in [0.2, 0.25) is 5.91 Å². The van der Waals surface area contributed by atoms with E-state index < -0.39 is 4.92 Å². The molecule has 1 atom stereocenters. The molecular formula is C23H25N5O4S. The van der Waals surface area contributed by atoms with E-state index in [1.807, 2.05) is 43.5 Å². The lowest BCUT2D eigenvalue weighted by atomic mass is 10.1. The molecule has 0 bridgehead atoms. The van der Waals surface area contributed by atoms with E-state index in [2.05, 4.69) is 22.1 Å². The summed E-state index contributed by atoms with van der Waals surface area (Å²) >= 11 is 1.22. The summed E-state index contributed by atoms with van der Waals surface area (Å²) in [6.07, 6.45) is 1.36. The zero-order chi connectivity index (χ0) is 24.0.